The molecule has 1 heterocycles. The van der Waals surface area contributed by atoms with Crippen LogP contribution in [0.3, 0.4) is 0 Å². The second-order valence-corrected chi connectivity index (χ2v) is 6.51. The molecule has 0 bridgehead atoms. The summed E-state index contributed by atoms with van der Waals surface area (Å²) in [5.74, 6) is -0.00627. The maximum atomic E-state index is 12.2. The van der Waals surface area contributed by atoms with Crippen LogP contribution in [0.5, 0.6) is 0 Å². The lowest BCUT2D eigenvalue weighted by Gasteiger charge is -2.27. The number of carbonyl (C=O) groups is 1. The van der Waals surface area contributed by atoms with Crippen LogP contribution >= 0.6 is 0 Å². The fourth-order valence-corrected chi connectivity index (χ4v) is 2.82. The van der Waals surface area contributed by atoms with Gasteiger partial charge in [0, 0.05) is 13.7 Å². The lowest BCUT2D eigenvalue weighted by molar-refractivity contribution is -0.155. The van der Waals surface area contributed by atoms with E-state index in [4.69, 9.17) is 19.9 Å². The minimum atomic E-state index is -0.798. The topological polar surface area (TPSA) is 70.8 Å². The van der Waals surface area contributed by atoms with Gasteiger partial charge in [0.25, 0.3) is 0 Å². The van der Waals surface area contributed by atoms with Crippen LogP contribution in [0, 0.1) is 5.92 Å². The van der Waals surface area contributed by atoms with Gasteiger partial charge in [0.15, 0.2) is 0 Å². The average molecular weight is 327 g/mol. The second-order valence-electron chi connectivity index (χ2n) is 6.51. The third-order valence-electron chi connectivity index (χ3n) is 4.51. The zero-order valence-electron chi connectivity index (χ0n) is 14.9. The predicted molar refractivity (Wildman–Crippen MR) is 91.2 cm³/mol. The van der Waals surface area contributed by atoms with E-state index in [0.29, 0.717) is 24.5 Å². The molecule has 1 aliphatic heterocycles. The molecule has 1 rings (SSSR count). The zero-order chi connectivity index (χ0) is 17.2. The van der Waals surface area contributed by atoms with Gasteiger partial charge >= 0.3 is 5.97 Å². The number of rotatable bonds is 10. The molecule has 23 heavy (non-hydrogen) atoms. The van der Waals surface area contributed by atoms with Crippen molar-refractivity contribution in [3.8, 4) is 0 Å². The van der Waals surface area contributed by atoms with E-state index < -0.39 is 12.0 Å². The first-order valence-electron chi connectivity index (χ1n) is 8.73. The number of esters is 1. The van der Waals surface area contributed by atoms with E-state index in [1.54, 1.807) is 7.11 Å². The first-order chi connectivity index (χ1) is 11.0. The summed E-state index contributed by atoms with van der Waals surface area (Å²) in [4.78, 5) is 12.2. The van der Waals surface area contributed by atoms with Crippen molar-refractivity contribution in [1.29, 1.82) is 0 Å². The maximum absolute atomic E-state index is 12.2. The Kier molecular flexibility index (Phi) is 9.44. The van der Waals surface area contributed by atoms with Gasteiger partial charge in [0.1, 0.15) is 12.1 Å². The summed E-state index contributed by atoms with van der Waals surface area (Å²) in [5, 5.41) is 0. The normalized spacial score (nSPS) is 22.2. The van der Waals surface area contributed by atoms with Crippen molar-refractivity contribution >= 4 is 5.97 Å². The smallest absolute Gasteiger partial charge is 0.327 e. The molecule has 0 aliphatic carbocycles. The molecule has 0 radical (unpaired) electrons. The lowest BCUT2D eigenvalue weighted by Crippen LogP contribution is -2.39. The van der Waals surface area contributed by atoms with Crippen molar-refractivity contribution in [3.63, 3.8) is 0 Å². The van der Waals surface area contributed by atoms with Crippen molar-refractivity contribution in [2.75, 3.05) is 20.3 Å². The van der Waals surface area contributed by atoms with Gasteiger partial charge in [-0.05, 0) is 37.2 Å². The number of methoxy groups -OCH3 is 1. The molecular weight excluding hydrogens is 294 g/mol. The number of hydrogen-bond acceptors (Lipinski definition) is 5. The molecule has 1 aliphatic rings. The lowest BCUT2D eigenvalue weighted by atomic mass is 9.91. The Hall–Kier alpha value is -0.910. The molecule has 5 nitrogen and oxygen atoms in total. The van der Waals surface area contributed by atoms with Gasteiger partial charge in [-0.15, -0.1) is 0 Å². The first-order valence-corrected chi connectivity index (χ1v) is 8.73. The fourth-order valence-electron chi connectivity index (χ4n) is 2.82. The fraction of sp³-hybridized carbons (Fsp3) is 0.833. The van der Waals surface area contributed by atoms with Crippen molar-refractivity contribution < 1.29 is 19.0 Å². The minimum absolute atomic E-state index is 0.0333. The highest BCUT2D eigenvalue weighted by molar-refractivity contribution is 5.79. The summed E-state index contributed by atoms with van der Waals surface area (Å²) < 4.78 is 16.3. The van der Waals surface area contributed by atoms with Crippen LogP contribution in [0.25, 0.3) is 0 Å². The number of nitrogens with two attached hydrogens (primary N) is 1. The third kappa shape index (κ3) is 7.02. The molecule has 5 heteroatoms. The Morgan fingerprint density at radius 3 is 2.78 bits per heavy atom. The summed E-state index contributed by atoms with van der Waals surface area (Å²) in [6.45, 7) is 9.52. The Balaban J connectivity index is 2.45. The van der Waals surface area contributed by atoms with Gasteiger partial charge in [-0.2, -0.15) is 0 Å². The van der Waals surface area contributed by atoms with Crippen LogP contribution in [0.1, 0.15) is 52.4 Å². The van der Waals surface area contributed by atoms with Crippen LogP contribution in [0.2, 0.25) is 0 Å². The molecular formula is C18H33NO4. The second kappa shape index (κ2) is 10.8. The Bertz CT molecular complexity index is 366. The third-order valence-corrected chi connectivity index (χ3v) is 4.51. The number of carbonyl (C=O) groups excluding carboxylic acids is 1. The summed E-state index contributed by atoms with van der Waals surface area (Å²) in [5.41, 5.74) is 6.68. The van der Waals surface area contributed by atoms with Gasteiger partial charge in [-0.1, -0.05) is 33.3 Å². The van der Waals surface area contributed by atoms with Crippen molar-refractivity contribution in [2.24, 2.45) is 11.7 Å². The van der Waals surface area contributed by atoms with E-state index in [2.05, 4.69) is 20.4 Å². The van der Waals surface area contributed by atoms with Gasteiger partial charge in [-0.3, -0.25) is 0 Å². The van der Waals surface area contributed by atoms with Crippen molar-refractivity contribution in [2.45, 2.75) is 70.6 Å². The van der Waals surface area contributed by atoms with Gasteiger partial charge in [-0.25, -0.2) is 4.79 Å². The summed E-state index contributed by atoms with van der Waals surface area (Å²) in [6, 6.07) is -0.798. The van der Waals surface area contributed by atoms with Crippen LogP contribution in [-0.2, 0) is 19.0 Å². The minimum Gasteiger partial charge on any atom is -0.459 e. The van der Waals surface area contributed by atoms with Crippen molar-refractivity contribution in [3.05, 3.63) is 12.2 Å². The molecule has 0 amide bonds. The standard InChI is InChI=1S/C18H33NO4/c1-5-6-8-13(2)16(21-4)11-14(3)17(19)18(20)23-15-9-7-10-22-12-15/h13,15-17H,3,5-12,19H2,1-2,4H3/t13-,15+,16-,17-/m0/s1. The molecule has 0 saturated carbocycles. The number of hydrogen-bond donors (Lipinski definition) is 1. The molecule has 0 aromatic rings. The Morgan fingerprint density at radius 2 is 2.22 bits per heavy atom. The molecule has 1 saturated heterocycles. The Morgan fingerprint density at radius 1 is 1.48 bits per heavy atom. The molecule has 4 atom stereocenters. The molecule has 134 valence electrons. The van der Waals surface area contributed by atoms with Gasteiger partial charge < -0.3 is 19.9 Å². The predicted octanol–water partition coefficient (Wildman–Crippen LogP) is 2.82. The van der Waals surface area contributed by atoms with E-state index in [-0.39, 0.29) is 12.2 Å². The monoisotopic (exact) mass is 327 g/mol. The SMILES string of the molecule is C=C(C[C@H](OC)[C@@H](C)CCCC)[C@H](N)C(=O)O[C@@H]1CCCOC1. The number of ether oxygens (including phenoxy) is 3. The molecule has 0 spiro atoms. The average Bonchev–Trinajstić information content (AvgIpc) is 2.57. The highest BCUT2D eigenvalue weighted by atomic mass is 16.6. The number of unbranched alkanes of at least 4 members (excludes halogenated alkanes) is 1. The summed E-state index contributed by atoms with van der Waals surface area (Å²) in [6.07, 6.45) is 5.61. The van der Waals surface area contributed by atoms with Crippen LogP contribution in [0.15, 0.2) is 12.2 Å². The molecule has 0 unspecified atom stereocenters. The van der Waals surface area contributed by atoms with Crippen LogP contribution in [-0.4, -0.2) is 44.5 Å². The van der Waals surface area contributed by atoms with Crippen LogP contribution in [0.4, 0.5) is 0 Å². The zero-order valence-corrected chi connectivity index (χ0v) is 14.9. The van der Waals surface area contributed by atoms with E-state index >= 15 is 0 Å². The van der Waals surface area contributed by atoms with Crippen LogP contribution < -0.4 is 5.73 Å². The van der Waals surface area contributed by atoms with Crippen molar-refractivity contribution in [1.82, 2.24) is 0 Å². The van der Waals surface area contributed by atoms with Gasteiger partial charge in [0.05, 0.1) is 12.7 Å². The highest BCUT2D eigenvalue weighted by Crippen LogP contribution is 2.22. The van der Waals surface area contributed by atoms with Gasteiger partial charge in [0.2, 0.25) is 0 Å². The largest absolute Gasteiger partial charge is 0.459 e. The molecule has 0 aromatic heterocycles. The van der Waals surface area contributed by atoms with E-state index in [1.807, 2.05) is 0 Å². The maximum Gasteiger partial charge on any atom is 0.327 e. The molecule has 1 fully saturated rings. The summed E-state index contributed by atoms with van der Waals surface area (Å²) >= 11 is 0. The first kappa shape index (κ1) is 20.1. The van der Waals surface area contributed by atoms with E-state index in [1.165, 1.54) is 6.42 Å². The van der Waals surface area contributed by atoms with E-state index in [0.717, 1.165) is 32.3 Å². The van der Waals surface area contributed by atoms with E-state index in [9.17, 15) is 4.79 Å². The highest BCUT2D eigenvalue weighted by Gasteiger charge is 2.27. The quantitative estimate of drug-likeness (QED) is 0.493. The molecule has 2 N–H and O–H groups in total. The molecule has 0 aromatic carbocycles. The summed E-state index contributed by atoms with van der Waals surface area (Å²) in [7, 11) is 1.70. The Labute approximate surface area is 140 Å².